The van der Waals surface area contributed by atoms with Gasteiger partial charge < -0.3 is 9.47 Å². The molecule has 16 heavy (non-hydrogen) atoms. The van der Waals surface area contributed by atoms with Crippen LogP contribution in [0.1, 0.15) is 58.3 Å². The molecule has 96 valence electrons. The summed E-state index contributed by atoms with van der Waals surface area (Å²) in [5.74, 6) is 0. The van der Waals surface area contributed by atoms with Crippen LogP contribution in [-0.4, -0.2) is 26.9 Å². The van der Waals surface area contributed by atoms with E-state index in [2.05, 4.69) is 6.92 Å². The van der Waals surface area contributed by atoms with Gasteiger partial charge in [-0.15, -0.1) is 0 Å². The maximum Gasteiger partial charge on any atom is 0.0649 e. The van der Waals surface area contributed by atoms with Gasteiger partial charge in [0.15, 0.2) is 0 Å². The highest BCUT2D eigenvalue weighted by Gasteiger charge is 2.42. The molecule has 0 radical (unpaired) electrons. The van der Waals surface area contributed by atoms with E-state index in [1.165, 1.54) is 51.4 Å². The Labute approximate surface area is 101 Å². The average Bonchev–Trinajstić information content (AvgIpc) is 2.68. The van der Waals surface area contributed by atoms with Crippen LogP contribution in [0.3, 0.4) is 0 Å². The minimum Gasteiger partial charge on any atom is -0.384 e. The van der Waals surface area contributed by atoms with Crippen LogP contribution in [0.15, 0.2) is 0 Å². The molecular formula is C14H28O2. The largest absolute Gasteiger partial charge is 0.384 e. The minimum absolute atomic E-state index is 0.317. The summed E-state index contributed by atoms with van der Waals surface area (Å²) < 4.78 is 11.1. The van der Waals surface area contributed by atoms with E-state index in [9.17, 15) is 0 Å². The molecule has 1 aliphatic carbocycles. The number of hydrogen-bond acceptors (Lipinski definition) is 2. The van der Waals surface area contributed by atoms with E-state index in [0.29, 0.717) is 11.5 Å². The van der Waals surface area contributed by atoms with E-state index >= 15 is 0 Å². The van der Waals surface area contributed by atoms with Gasteiger partial charge in [-0.1, -0.05) is 39.0 Å². The van der Waals surface area contributed by atoms with Crippen LogP contribution in [0, 0.1) is 5.41 Å². The lowest BCUT2D eigenvalue weighted by Crippen LogP contribution is -2.36. The molecule has 1 aliphatic rings. The molecule has 0 amide bonds. The second kappa shape index (κ2) is 7.29. The highest BCUT2D eigenvalue weighted by atomic mass is 16.5. The summed E-state index contributed by atoms with van der Waals surface area (Å²) in [4.78, 5) is 0. The van der Waals surface area contributed by atoms with E-state index in [0.717, 1.165) is 6.61 Å². The van der Waals surface area contributed by atoms with Crippen molar-refractivity contribution in [1.29, 1.82) is 0 Å². The molecule has 0 aromatic rings. The highest BCUT2D eigenvalue weighted by molar-refractivity contribution is 4.92. The van der Waals surface area contributed by atoms with Crippen molar-refractivity contribution >= 4 is 0 Å². The van der Waals surface area contributed by atoms with Gasteiger partial charge in [-0.2, -0.15) is 0 Å². The van der Waals surface area contributed by atoms with Crippen LogP contribution in [0.2, 0.25) is 0 Å². The number of hydrogen-bond donors (Lipinski definition) is 0. The van der Waals surface area contributed by atoms with Crippen molar-refractivity contribution in [3.63, 3.8) is 0 Å². The quantitative estimate of drug-likeness (QED) is 0.588. The topological polar surface area (TPSA) is 18.5 Å². The van der Waals surface area contributed by atoms with Gasteiger partial charge in [-0.3, -0.25) is 0 Å². The van der Waals surface area contributed by atoms with Crippen LogP contribution in [-0.2, 0) is 9.47 Å². The fourth-order valence-corrected chi connectivity index (χ4v) is 3.19. The Morgan fingerprint density at radius 3 is 2.62 bits per heavy atom. The first-order chi connectivity index (χ1) is 7.79. The molecule has 0 aromatic carbocycles. The third-order valence-corrected chi connectivity index (χ3v) is 4.07. The summed E-state index contributed by atoms with van der Waals surface area (Å²) in [6.07, 6.45) is 10.9. The summed E-state index contributed by atoms with van der Waals surface area (Å²) in [7, 11) is 3.67. The first-order valence-corrected chi connectivity index (χ1v) is 6.81. The van der Waals surface area contributed by atoms with Gasteiger partial charge in [0.25, 0.3) is 0 Å². The normalized spacial score (nSPS) is 29.8. The third-order valence-electron chi connectivity index (χ3n) is 4.07. The molecule has 0 bridgehead atoms. The zero-order chi connectivity index (χ0) is 11.9. The Morgan fingerprint density at radius 1 is 1.19 bits per heavy atom. The van der Waals surface area contributed by atoms with E-state index in [1.54, 1.807) is 0 Å². The van der Waals surface area contributed by atoms with Crippen LogP contribution in [0.25, 0.3) is 0 Å². The molecule has 2 nitrogen and oxygen atoms in total. The van der Waals surface area contributed by atoms with E-state index in [1.807, 2.05) is 14.2 Å². The van der Waals surface area contributed by atoms with Crippen LogP contribution < -0.4 is 0 Å². The Balaban J connectivity index is 2.44. The molecule has 0 N–H and O–H groups in total. The standard InChI is InChI=1S/C14H28O2/c1-4-5-6-7-10-14(12-15-2)11-8-9-13(14)16-3/h13H,4-12H2,1-3H3. The lowest BCUT2D eigenvalue weighted by atomic mass is 9.79. The lowest BCUT2D eigenvalue weighted by molar-refractivity contribution is -0.0407. The molecular weight excluding hydrogens is 200 g/mol. The van der Waals surface area contributed by atoms with Crippen molar-refractivity contribution in [2.24, 2.45) is 5.41 Å². The molecule has 0 heterocycles. The molecule has 0 spiro atoms. The molecule has 0 saturated heterocycles. The fourth-order valence-electron chi connectivity index (χ4n) is 3.19. The average molecular weight is 228 g/mol. The first-order valence-electron chi connectivity index (χ1n) is 6.81. The minimum atomic E-state index is 0.317. The molecule has 2 unspecified atom stereocenters. The fraction of sp³-hybridized carbons (Fsp3) is 1.00. The van der Waals surface area contributed by atoms with Gasteiger partial charge in [0, 0.05) is 19.6 Å². The van der Waals surface area contributed by atoms with Gasteiger partial charge in [-0.25, -0.2) is 0 Å². The Morgan fingerprint density at radius 2 is 2.00 bits per heavy atom. The number of rotatable bonds is 8. The van der Waals surface area contributed by atoms with Crippen molar-refractivity contribution < 1.29 is 9.47 Å². The van der Waals surface area contributed by atoms with Crippen LogP contribution in [0.5, 0.6) is 0 Å². The second-order valence-corrected chi connectivity index (χ2v) is 5.22. The van der Waals surface area contributed by atoms with E-state index in [-0.39, 0.29) is 0 Å². The lowest BCUT2D eigenvalue weighted by Gasteiger charge is -2.34. The molecule has 1 rings (SSSR count). The van der Waals surface area contributed by atoms with Crippen LogP contribution >= 0.6 is 0 Å². The van der Waals surface area contributed by atoms with E-state index in [4.69, 9.17) is 9.47 Å². The van der Waals surface area contributed by atoms with Crippen molar-refractivity contribution in [3.05, 3.63) is 0 Å². The van der Waals surface area contributed by atoms with Crippen LogP contribution in [0.4, 0.5) is 0 Å². The molecule has 1 fully saturated rings. The van der Waals surface area contributed by atoms with Crippen molar-refractivity contribution in [2.45, 2.75) is 64.4 Å². The smallest absolute Gasteiger partial charge is 0.0649 e. The summed E-state index contributed by atoms with van der Waals surface area (Å²) >= 11 is 0. The van der Waals surface area contributed by atoms with Crippen molar-refractivity contribution in [3.8, 4) is 0 Å². The number of unbranched alkanes of at least 4 members (excludes halogenated alkanes) is 3. The second-order valence-electron chi connectivity index (χ2n) is 5.22. The zero-order valence-electron chi connectivity index (χ0n) is 11.3. The van der Waals surface area contributed by atoms with Gasteiger partial charge >= 0.3 is 0 Å². The summed E-state index contributed by atoms with van der Waals surface area (Å²) in [6, 6.07) is 0. The zero-order valence-corrected chi connectivity index (χ0v) is 11.3. The summed E-state index contributed by atoms with van der Waals surface area (Å²) in [6.45, 7) is 3.14. The Hall–Kier alpha value is -0.0800. The van der Waals surface area contributed by atoms with Crippen molar-refractivity contribution in [1.82, 2.24) is 0 Å². The maximum atomic E-state index is 5.66. The summed E-state index contributed by atoms with van der Waals surface area (Å²) in [5.41, 5.74) is 0.317. The number of methoxy groups -OCH3 is 2. The van der Waals surface area contributed by atoms with Gasteiger partial charge in [0.1, 0.15) is 0 Å². The molecule has 1 saturated carbocycles. The number of ether oxygens (including phenoxy) is 2. The Kier molecular flexibility index (Phi) is 6.37. The molecule has 2 heteroatoms. The molecule has 2 atom stereocenters. The van der Waals surface area contributed by atoms with Crippen molar-refractivity contribution in [2.75, 3.05) is 20.8 Å². The predicted octanol–water partition coefficient (Wildman–Crippen LogP) is 3.79. The highest BCUT2D eigenvalue weighted by Crippen LogP contribution is 2.44. The monoisotopic (exact) mass is 228 g/mol. The molecule has 0 aliphatic heterocycles. The maximum absolute atomic E-state index is 5.66. The SMILES string of the molecule is CCCCCCC1(COC)CCCC1OC. The van der Waals surface area contributed by atoms with Gasteiger partial charge in [0.2, 0.25) is 0 Å². The third kappa shape index (κ3) is 3.46. The molecule has 0 aromatic heterocycles. The summed E-state index contributed by atoms with van der Waals surface area (Å²) in [5, 5.41) is 0. The first kappa shape index (κ1) is 14.0. The van der Waals surface area contributed by atoms with Gasteiger partial charge in [-0.05, 0) is 19.3 Å². The Bertz CT molecular complexity index is 182. The van der Waals surface area contributed by atoms with E-state index < -0.39 is 0 Å². The van der Waals surface area contributed by atoms with Gasteiger partial charge in [0.05, 0.1) is 12.7 Å². The predicted molar refractivity (Wildman–Crippen MR) is 67.7 cm³/mol.